The molecule has 0 spiro atoms. The van der Waals surface area contributed by atoms with Crippen LogP contribution in [-0.2, 0) is 14.3 Å². The molecular formula is C23H36O4. The predicted molar refractivity (Wildman–Crippen MR) is 103 cm³/mol. The molecule has 0 radical (unpaired) electrons. The minimum atomic E-state index is -0.324. The minimum Gasteiger partial charge on any atom is -0.463 e. The topological polar surface area (TPSA) is 63.6 Å². The number of hydrogen-bond donors (Lipinski definition) is 1. The lowest BCUT2D eigenvalue weighted by Gasteiger charge is -2.60. The van der Waals surface area contributed by atoms with Crippen molar-refractivity contribution >= 4 is 11.8 Å². The van der Waals surface area contributed by atoms with Crippen molar-refractivity contribution in [1.29, 1.82) is 0 Å². The Labute approximate surface area is 163 Å². The Morgan fingerprint density at radius 2 is 1.89 bits per heavy atom. The summed E-state index contributed by atoms with van der Waals surface area (Å²) in [5.41, 5.74) is 0.0332. The molecule has 0 aliphatic heterocycles. The summed E-state index contributed by atoms with van der Waals surface area (Å²) in [5.74, 6) is 2.23. The predicted octanol–water partition coefficient (Wildman–Crippen LogP) is 4.14. The number of ether oxygens (including phenoxy) is 1. The fraction of sp³-hybridized carbons (Fsp3) is 0.913. The smallest absolute Gasteiger partial charge is 0.302 e. The molecule has 0 saturated heterocycles. The van der Waals surface area contributed by atoms with Crippen LogP contribution < -0.4 is 0 Å². The molecule has 0 aromatic heterocycles. The second-order valence-electron chi connectivity index (χ2n) is 10.6. The van der Waals surface area contributed by atoms with Crippen LogP contribution in [0.1, 0.15) is 79.1 Å². The highest BCUT2D eigenvalue weighted by atomic mass is 16.5. The molecule has 0 amide bonds. The quantitative estimate of drug-likeness (QED) is 0.736. The first kappa shape index (κ1) is 19.4. The zero-order valence-corrected chi connectivity index (χ0v) is 17.4. The molecule has 0 unspecified atom stereocenters. The second kappa shape index (κ2) is 6.57. The van der Waals surface area contributed by atoms with Gasteiger partial charge in [0.05, 0.1) is 6.10 Å². The van der Waals surface area contributed by atoms with Crippen molar-refractivity contribution < 1.29 is 19.4 Å². The number of Topliss-reactive ketones (excluding diaryl/α,β-unsaturated/α-hetero) is 1. The molecular weight excluding hydrogens is 340 g/mol. The van der Waals surface area contributed by atoms with Crippen molar-refractivity contribution in [3.05, 3.63) is 0 Å². The SMILES string of the molecule is CC(=O)O[C@@H]1CC[C@]2(C)[C@H](CC[C@H]3[C@H]2C(=O)C[C@@]2(C)[C@@H]([C@H](C)O)CC[C@@H]32)C1. The van der Waals surface area contributed by atoms with E-state index >= 15 is 0 Å². The summed E-state index contributed by atoms with van der Waals surface area (Å²) < 4.78 is 5.52. The molecule has 1 N–H and O–H groups in total. The molecule has 4 rings (SSSR count). The monoisotopic (exact) mass is 376 g/mol. The fourth-order valence-electron chi connectivity index (χ4n) is 8.21. The van der Waals surface area contributed by atoms with Gasteiger partial charge in [-0.2, -0.15) is 0 Å². The highest BCUT2D eigenvalue weighted by Gasteiger charge is 2.63. The summed E-state index contributed by atoms with van der Waals surface area (Å²) in [7, 11) is 0. The second-order valence-corrected chi connectivity index (χ2v) is 10.6. The van der Waals surface area contributed by atoms with Gasteiger partial charge in [0.25, 0.3) is 0 Å². The number of fused-ring (bicyclic) bond motifs is 5. The van der Waals surface area contributed by atoms with Crippen molar-refractivity contribution in [1.82, 2.24) is 0 Å². The molecule has 152 valence electrons. The standard InChI is InChI=1S/C23H36O4/c1-13(24)18-7-8-19-17-6-5-15-11-16(27-14(2)25)9-10-22(15,3)21(17)20(26)12-23(18,19)4/h13,15-19,21,24H,5-12H2,1-4H3/t13-,15+,16+,17+,18+,19-,21-,22+,23-/m0/s1. The summed E-state index contributed by atoms with van der Waals surface area (Å²) in [6.07, 6.45) is 7.65. The molecule has 4 aliphatic carbocycles. The normalized spacial score (nSPS) is 50.3. The first-order valence-corrected chi connectivity index (χ1v) is 11.0. The minimum absolute atomic E-state index is 0.0233. The van der Waals surface area contributed by atoms with Crippen LogP contribution in [0.2, 0.25) is 0 Å². The number of hydrogen-bond acceptors (Lipinski definition) is 4. The van der Waals surface area contributed by atoms with Gasteiger partial charge in [-0.3, -0.25) is 9.59 Å². The third-order valence-corrected chi connectivity index (χ3v) is 9.29. The van der Waals surface area contributed by atoms with E-state index in [1.54, 1.807) is 0 Å². The number of esters is 1. The average molecular weight is 377 g/mol. The Balaban J connectivity index is 1.59. The maximum absolute atomic E-state index is 13.5. The molecule has 0 heterocycles. The molecule has 0 bridgehead atoms. The van der Waals surface area contributed by atoms with E-state index < -0.39 is 0 Å². The lowest BCUT2D eigenvalue weighted by Crippen LogP contribution is -2.58. The van der Waals surface area contributed by atoms with Gasteiger partial charge in [0.15, 0.2) is 0 Å². The van der Waals surface area contributed by atoms with Gasteiger partial charge in [-0.25, -0.2) is 0 Å². The zero-order valence-electron chi connectivity index (χ0n) is 17.4. The summed E-state index contributed by atoms with van der Waals surface area (Å²) in [6, 6.07) is 0. The summed E-state index contributed by atoms with van der Waals surface area (Å²) >= 11 is 0. The molecule has 0 aromatic rings. The van der Waals surface area contributed by atoms with E-state index in [2.05, 4.69) is 13.8 Å². The van der Waals surface area contributed by atoms with Crippen LogP contribution in [0.4, 0.5) is 0 Å². The Kier molecular flexibility index (Phi) is 4.73. The molecule has 0 aromatic carbocycles. The van der Waals surface area contributed by atoms with E-state index in [4.69, 9.17) is 4.74 Å². The van der Waals surface area contributed by atoms with Crippen molar-refractivity contribution in [2.24, 2.45) is 40.4 Å². The van der Waals surface area contributed by atoms with Crippen LogP contribution in [0.25, 0.3) is 0 Å². The van der Waals surface area contributed by atoms with Gasteiger partial charge in [-0.15, -0.1) is 0 Å². The van der Waals surface area contributed by atoms with Crippen LogP contribution in [0, 0.1) is 40.4 Å². The number of aliphatic hydroxyl groups is 1. The molecule has 4 aliphatic rings. The molecule has 4 nitrogen and oxygen atoms in total. The summed E-state index contributed by atoms with van der Waals surface area (Å²) in [6.45, 7) is 8.03. The van der Waals surface area contributed by atoms with E-state index in [0.29, 0.717) is 30.0 Å². The molecule has 9 atom stereocenters. The van der Waals surface area contributed by atoms with Crippen LogP contribution in [0.3, 0.4) is 0 Å². The zero-order chi connectivity index (χ0) is 19.6. The van der Waals surface area contributed by atoms with Crippen LogP contribution in [-0.4, -0.2) is 29.1 Å². The number of aliphatic hydroxyl groups excluding tert-OH is 1. The maximum Gasteiger partial charge on any atom is 0.302 e. The lowest BCUT2D eigenvalue weighted by molar-refractivity contribution is -0.170. The van der Waals surface area contributed by atoms with E-state index in [1.165, 1.54) is 6.92 Å². The van der Waals surface area contributed by atoms with Crippen molar-refractivity contribution in [2.75, 3.05) is 0 Å². The number of carbonyl (C=O) groups is 2. The highest BCUT2D eigenvalue weighted by Crippen LogP contribution is 2.66. The van der Waals surface area contributed by atoms with Gasteiger partial charge in [0, 0.05) is 19.3 Å². The third-order valence-electron chi connectivity index (χ3n) is 9.29. The number of ketones is 1. The molecule has 27 heavy (non-hydrogen) atoms. The summed E-state index contributed by atoms with van der Waals surface area (Å²) in [5, 5.41) is 10.3. The van der Waals surface area contributed by atoms with Gasteiger partial charge < -0.3 is 9.84 Å². The first-order chi connectivity index (χ1) is 12.7. The Hall–Kier alpha value is -0.900. The lowest BCUT2D eigenvalue weighted by atomic mass is 9.44. The first-order valence-electron chi connectivity index (χ1n) is 11.0. The average Bonchev–Trinajstić information content (AvgIpc) is 2.91. The van der Waals surface area contributed by atoms with E-state index in [0.717, 1.165) is 44.9 Å². The third kappa shape index (κ3) is 2.89. The van der Waals surface area contributed by atoms with Crippen LogP contribution in [0.15, 0.2) is 0 Å². The van der Waals surface area contributed by atoms with Crippen molar-refractivity contribution in [2.45, 2.75) is 91.3 Å². The van der Waals surface area contributed by atoms with Gasteiger partial charge in [0.2, 0.25) is 0 Å². The number of carbonyl (C=O) groups excluding carboxylic acids is 2. The van der Waals surface area contributed by atoms with Gasteiger partial charge in [-0.05, 0) is 86.4 Å². The Bertz CT molecular complexity index is 628. The maximum atomic E-state index is 13.5. The Morgan fingerprint density at radius 3 is 2.56 bits per heavy atom. The van der Waals surface area contributed by atoms with Crippen LogP contribution in [0.5, 0.6) is 0 Å². The van der Waals surface area contributed by atoms with Gasteiger partial charge in [0.1, 0.15) is 11.9 Å². The van der Waals surface area contributed by atoms with E-state index in [9.17, 15) is 14.7 Å². The van der Waals surface area contributed by atoms with Gasteiger partial charge >= 0.3 is 5.97 Å². The molecule has 4 saturated carbocycles. The Morgan fingerprint density at radius 1 is 1.15 bits per heavy atom. The molecule has 4 fully saturated rings. The van der Waals surface area contributed by atoms with Crippen molar-refractivity contribution in [3.8, 4) is 0 Å². The molecule has 4 heteroatoms. The van der Waals surface area contributed by atoms with Crippen LogP contribution >= 0.6 is 0 Å². The largest absolute Gasteiger partial charge is 0.463 e. The van der Waals surface area contributed by atoms with Gasteiger partial charge in [-0.1, -0.05) is 13.8 Å². The number of rotatable bonds is 2. The fourth-order valence-corrected chi connectivity index (χ4v) is 8.21. The van der Waals surface area contributed by atoms with E-state index in [1.807, 2.05) is 6.92 Å². The highest BCUT2D eigenvalue weighted by molar-refractivity contribution is 5.84. The summed E-state index contributed by atoms with van der Waals surface area (Å²) in [4.78, 5) is 24.9. The van der Waals surface area contributed by atoms with E-state index in [-0.39, 0.29) is 40.8 Å². The van der Waals surface area contributed by atoms with Crippen molar-refractivity contribution in [3.63, 3.8) is 0 Å².